The molecule has 2 heterocycles. The number of pyridine rings is 2. The van der Waals surface area contributed by atoms with Crippen molar-refractivity contribution in [3.8, 4) is 11.5 Å². The van der Waals surface area contributed by atoms with E-state index in [-0.39, 0.29) is 36.7 Å². The van der Waals surface area contributed by atoms with Crippen molar-refractivity contribution in [2.75, 3.05) is 13.1 Å². The van der Waals surface area contributed by atoms with E-state index in [0.29, 0.717) is 55.6 Å². The number of aliphatic carboxylic acids is 1. The molecule has 4 N–H and O–H groups in total. The van der Waals surface area contributed by atoms with Crippen molar-refractivity contribution < 1.29 is 53.2 Å². The fourth-order valence-corrected chi connectivity index (χ4v) is 8.32. The summed E-state index contributed by atoms with van der Waals surface area (Å²) in [5.74, 6) is 2.45. The topological polar surface area (TPSA) is 162 Å². The van der Waals surface area contributed by atoms with E-state index in [1.807, 2.05) is 57.2 Å². The van der Waals surface area contributed by atoms with Crippen LogP contribution in [0.2, 0.25) is 0 Å². The molecule has 0 aliphatic heterocycles. The van der Waals surface area contributed by atoms with Gasteiger partial charge >= 0.3 is 30.8 Å². The first-order valence-electron chi connectivity index (χ1n) is 22.3. The first kappa shape index (κ1) is 52.6. The Bertz CT molecular complexity index is 2010. The third kappa shape index (κ3) is 17.4. The molecule has 0 unspecified atom stereocenters. The molecule has 2 aliphatic carbocycles. The summed E-state index contributed by atoms with van der Waals surface area (Å²) in [5, 5.41) is 17.2. The van der Waals surface area contributed by atoms with Gasteiger partial charge in [0.2, 0.25) is 0 Å². The molecule has 4 aromatic rings. The summed E-state index contributed by atoms with van der Waals surface area (Å²) in [6.07, 6.45) is 10.6. The first-order chi connectivity index (χ1) is 28.3. The van der Waals surface area contributed by atoms with Gasteiger partial charge in [-0.25, -0.2) is 0 Å². The van der Waals surface area contributed by atoms with Crippen LogP contribution in [-0.4, -0.2) is 63.4 Å². The van der Waals surface area contributed by atoms with Crippen molar-refractivity contribution in [2.45, 2.75) is 157 Å². The van der Waals surface area contributed by atoms with E-state index in [0.717, 1.165) is 82.2 Å². The van der Waals surface area contributed by atoms with E-state index in [1.54, 1.807) is 0 Å². The molecule has 6 rings (SSSR count). The molecule has 2 aromatic carbocycles. The van der Waals surface area contributed by atoms with Gasteiger partial charge in [0.25, 0.3) is 0 Å². The standard InChI is InChI=1S/C27H40N2O3.C23H32N2O3.Li.H2O/c1-26(2,3)20-8-11-22(12-9-20)31-23-13-14-24-19(17-23)7-10-21(29-24)18-28-16-15-25(30)32-27(4,5)6;1-23(2,3)17-5-8-19(9-6-17)28-20-10-11-21-16(14-20)4-7-18(25-21)15-24-13-12-22(26)27;;/h7,10,13-14,17,20,22,28H,8-9,11-12,15-16,18H2,1-6H3;4,7,10-11,14,17,19,24H,5-6,8-9,12-13,15H2,1-3H3,(H,26,27);;1H2/q;;+1;/p-1. The van der Waals surface area contributed by atoms with E-state index in [9.17, 15) is 9.59 Å². The second-order valence-electron chi connectivity index (χ2n) is 20.1. The van der Waals surface area contributed by atoms with Crippen molar-refractivity contribution in [3.05, 3.63) is 72.1 Å². The van der Waals surface area contributed by atoms with Crippen LogP contribution in [0.3, 0.4) is 0 Å². The van der Waals surface area contributed by atoms with Gasteiger partial charge in [-0.1, -0.05) is 53.7 Å². The number of carbonyl (C=O) groups excluding carboxylic acids is 1. The summed E-state index contributed by atoms with van der Waals surface area (Å²) >= 11 is 0. The number of carboxylic acid groups (broad SMARTS) is 1. The molecule has 0 bridgehead atoms. The molecule has 12 heteroatoms. The number of rotatable bonds is 14. The van der Waals surface area contributed by atoms with Crippen LogP contribution < -0.4 is 39.0 Å². The third-order valence-electron chi connectivity index (χ3n) is 11.9. The quantitative estimate of drug-likeness (QED) is 0.0650. The summed E-state index contributed by atoms with van der Waals surface area (Å²) in [6, 6.07) is 20.4. The van der Waals surface area contributed by atoms with Crippen LogP contribution in [0, 0.1) is 22.7 Å². The van der Waals surface area contributed by atoms with Gasteiger partial charge < -0.3 is 35.4 Å². The Hall–Kier alpha value is -3.72. The largest absolute Gasteiger partial charge is 1.00 e. The predicted molar refractivity (Wildman–Crippen MR) is 243 cm³/mol. The molecular formula is C50H73LiN4O7. The van der Waals surface area contributed by atoms with Gasteiger partial charge in [0.15, 0.2) is 0 Å². The predicted octanol–water partition coefficient (Wildman–Crippen LogP) is 7.65. The van der Waals surface area contributed by atoms with Crippen molar-refractivity contribution in [3.63, 3.8) is 0 Å². The minimum atomic E-state index is -0.793. The Morgan fingerprint density at radius 3 is 1.39 bits per heavy atom. The van der Waals surface area contributed by atoms with Crippen LogP contribution in [-0.2, 0) is 27.4 Å². The molecule has 0 spiro atoms. The second-order valence-corrected chi connectivity index (χ2v) is 20.1. The normalized spacial score (nSPS) is 19.3. The Balaban J connectivity index is 0.000000323. The maximum Gasteiger partial charge on any atom is 1.00 e. The number of aromatic nitrogens is 2. The smallest absolute Gasteiger partial charge is 0.870 e. The maximum atomic E-state index is 11.8. The first-order valence-corrected chi connectivity index (χ1v) is 22.3. The number of esters is 1. The Labute approximate surface area is 382 Å². The van der Waals surface area contributed by atoms with Crippen molar-refractivity contribution in [1.82, 2.24) is 20.6 Å². The third-order valence-corrected chi connectivity index (χ3v) is 11.9. The van der Waals surface area contributed by atoms with Gasteiger partial charge in [0.05, 0.1) is 47.5 Å². The second kappa shape index (κ2) is 23.8. The molecule has 62 heavy (non-hydrogen) atoms. The van der Waals surface area contributed by atoms with Crippen molar-refractivity contribution in [2.24, 2.45) is 22.7 Å². The zero-order chi connectivity index (χ0) is 43.5. The van der Waals surface area contributed by atoms with Crippen LogP contribution in [0.1, 0.15) is 138 Å². The van der Waals surface area contributed by atoms with E-state index < -0.39 is 11.6 Å². The molecule has 2 saturated carbocycles. The van der Waals surface area contributed by atoms with Gasteiger partial charge in [-0.05, 0) is 143 Å². The molecule has 2 aromatic heterocycles. The van der Waals surface area contributed by atoms with Gasteiger partial charge in [-0.2, -0.15) is 0 Å². The number of nitrogens with one attached hydrogen (secondary N) is 2. The Morgan fingerprint density at radius 1 is 0.613 bits per heavy atom. The number of fused-ring (bicyclic) bond motifs is 2. The fraction of sp³-hybridized carbons (Fsp3) is 0.600. The number of hydrogen-bond acceptors (Lipinski definition) is 10. The minimum absolute atomic E-state index is 0. The summed E-state index contributed by atoms with van der Waals surface area (Å²) in [4.78, 5) is 31.7. The van der Waals surface area contributed by atoms with Crippen LogP contribution >= 0.6 is 0 Å². The number of nitrogens with zero attached hydrogens (tertiary/aromatic N) is 2. The summed E-state index contributed by atoms with van der Waals surface area (Å²) in [6.45, 7) is 21.9. The maximum absolute atomic E-state index is 11.8. The van der Waals surface area contributed by atoms with Crippen LogP contribution in [0.25, 0.3) is 21.8 Å². The van der Waals surface area contributed by atoms with E-state index >= 15 is 0 Å². The van der Waals surface area contributed by atoms with E-state index in [2.05, 4.69) is 81.4 Å². The summed E-state index contributed by atoms with van der Waals surface area (Å²) < 4.78 is 17.9. The van der Waals surface area contributed by atoms with Crippen molar-refractivity contribution >= 4 is 33.7 Å². The van der Waals surface area contributed by atoms with Crippen LogP contribution in [0.15, 0.2) is 60.7 Å². The Kier molecular flexibility index (Phi) is 20.2. The molecule has 0 saturated heterocycles. The summed E-state index contributed by atoms with van der Waals surface area (Å²) in [7, 11) is 0. The average Bonchev–Trinajstić information content (AvgIpc) is 3.17. The number of carboxylic acids is 1. The van der Waals surface area contributed by atoms with Gasteiger partial charge in [-0.3, -0.25) is 19.6 Å². The molecule has 336 valence electrons. The molecule has 2 fully saturated rings. The van der Waals surface area contributed by atoms with Gasteiger partial charge in [0.1, 0.15) is 17.1 Å². The molecule has 2 aliphatic rings. The van der Waals surface area contributed by atoms with Gasteiger partial charge in [-0.15, -0.1) is 0 Å². The van der Waals surface area contributed by atoms with Gasteiger partial charge in [0, 0.05) is 37.0 Å². The van der Waals surface area contributed by atoms with Crippen LogP contribution in [0.5, 0.6) is 11.5 Å². The monoisotopic (exact) mass is 849 g/mol. The number of benzene rings is 2. The van der Waals surface area contributed by atoms with E-state index in [1.165, 1.54) is 25.7 Å². The van der Waals surface area contributed by atoms with Crippen LogP contribution in [0.4, 0.5) is 0 Å². The average molecular weight is 849 g/mol. The molecule has 11 nitrogen and oxygen atoms in total. The number of ether oxygens (including phenoxy) is 3. The zero-order valence-electron chi connectivity index (χ0n) is 39.3. The molecule has 0 radical (unpaired) electrons. The van der Waals surface area contributed by atoms with Crippen molar-refractivity contribution in [1.29, 1.82) is 0 Å². The zero-order valence-corrected chi connectivity index (χ0v) is 39.3. The Morgan fingerprint density at radius 2 is 1.02 bits per heavy atom. The molecule has 0 atom stereocenters. The molecule has 0 amide bonds. The van der Waals surface area contributed by atoms with E-state index in [4.69, 9.17) is 24.3 Å². The fourth-order valence-electron chi connectivity index (χ4n) is 8.32. The SMILES string of the molecule is CC(C)(C)C1CCC(Oc2ccc3nc(CNCCC(=O)O)ccc3c2)CC1.CC(C)(C)OC(=O)CCNCc1ccc2cc(OC3CCC(C(C)(C)C)CC3)ccc2n1.[Li+].[OH-]. The summed E-state index contributed by atoms with van der Waals surface area (Å²) in [5.41, 5.74) is 4.09. The number of carbonyl (C=O) groups is 2. The molecular weight excluding hydrogens is 776 g/mol. The number of hydrogen-bond donors (Lipinski definition) is 3. The minimum Gasteiger partial charge on any atom is -0.870 e.